The van der Waals surface area contributed by atoms with Crippen molar-refractivity contribution in [2.24, 2.45) is 0 Å². The summed E-state index contributed by atoms with van der Waals surface area (Å²) in [7, 11) is 0. The molecule has 0 saturated carbocycles. The summed E-state index contributed by atoms with van der Waals surface area (Å²) < 4.78 is 0. The molecule has 0 bridgehead atoms. The zero-order valence-corrected chi connectivity index (χ0v) is 9.33. The topological polar surface area (TPSA) is 57.6 Å². The molecule has 2 aliphatic rings. The molecule has 0 aromatic carbocycles. The Morgan fingerprint density at radius 1 is 1.27 bits per heavy atom. The van der Waals surface area contributed by atoms with E-state index in [0.717, 1.165) is 18.6 Å². The monoisotopic (exact) mass is 229 g/mol. The van der Waals surface area contributed by atoms with E-state index in [2.05, 4.69) is 0 Å². The lowest BCUT2D eigenvalue weighted by Gasteiger charge is -2.40. The van der Waals surface area contributed by atoms with E-state index in [9.17, 15) is 9.59 Å². The average Bonchev–Trinajstić information content (AvgIpc) is 2.16. The van der Waals surface area contributed by atoms with Crippen molar-refractivity contribution in [3.05, 3.63) is 0 Å². The number of nitrogens with zero attached hydrogens (tertiary/aromatic N) is 1. The van der Waals surface area contributed by atoms with Gasteiger partial charge in [0.05, 0.1) is 5.25 Å². The predicted molar refractivity (Wildman–Crippen MR) is 57.9 cm³/mol. The average molecular weight is 229 g/mol. The number of likely N-dealkylation sites (tertiary alicyclic amines) is 1. The fraction of sp³-hybridized carbons (Fsp3) is 0.800. The molecule has 5 heteroatoms. The molecular weight excluding hydrogens is 214 g/mol. The molecule has 0 aliphatic carbocycles. The van der Waals surface area contributed by atoms with Crippen LogP contribution in [0, 0.1) is 0 Å². The quantitative estimate of drug-likeness (QED) is 0.766. The summed E-state index contributed by atoms with van der Waals surface area (Å²) in [6.07, 6.45) is 3.79. The summed E-state index contributed by atoms with van der Waals surface area (Å²) in [5, 5.41) is 8.86. The van der Waals surface area contributed by atoms with Crippen LogP contribution in [0.4, 0.5) is 0 Å². The van der Waals surface area contributed by atoms with Gasteiger partial charge in [0.2, 0.25) is 5.91 Å². The highest BCUT2D eigenvalue weighted by Crippen LogP contribution is 2.29. The van der Waals surface area contributed by atoms with Crippen LogP contribution in [0.15, 0.2) is 0 Å². The van der Waals surface area contributed by atoms with E-state index >= 15 is 0 Å². The SMILES string of the molecule is O=C(O)C1CCN1C(=O)C1CCCCS1. The maximum absolute atomic E-state index is 11.9. The molecule has 1 amide bonds. The fourth-order valence-electron chi connectivity index (χ4n) is 2.03. The highest BCUT2D eigenvalue weighted by atomic mass is 32.2. The van der Waals surface area contributed by atoms with Gasteiger partial charge in [-0.25, -0.2) is 4.79 Å². The van der Waals surface area contributed by atoms with Crippen molar-refractivity contribution in [2.75, 3.05) is 12.3 Å². The molecule has 2 atom stereocenters. The first-order valence-corrected chi connectivity index (χ1v) is 6.40. The predicted octanol–water partition coefficient (Wildman–Crippen LogP) is 0.958. The van der Waals surface area contributed by atoms with Crippen LogP contribution in [0.1, 0.15) is 25.7 Å². The van der Waals surface area contributed by atoms with Gasteiger partial charge in [-0.05, 0) is 25.0 Å². The summed E-state index contributed by atoms with van der Waals surface area (Å²) in [6.45, 7) is 0.618. The Labute approximate surface area is 93.0 Å². The van der Waals surface area contributed by atoms with Crippen LogP contribution in [0.3, 0.4) is 0 Å². The van der Waals surface area contributed by atoms with Gasteiger partial charge in [-0.1, -0.05) is 6.42 Å². The van der Waals surface area contributed by atoms with Crippen molar-refractivity contribution in [3.8, 4) is 0 Å². The molecule has 1 N–H and O–H groups in total. The summed E-state index contributed by atoms with van der Waals surface area (Å²) in [5.74, 6) is 0.205. The molecule has 2 unspecified atom stereocenters. The summed E-state index contributed by atoms with van der Waals surface area (Å²) >= 11 is 1.68. The van der Waals surface area contributed by atoms with Gasteiger partial charge in [0, 0.05) is 6.54 Å². The lowest BCUT2D eigenvalue weighted by molar-refractivity contribution is -0.157. The lowest BCUT2D eigenvalue weighted by Crippen LogP contribution is -2.57. The lowest BCUT2D eigenvalue weighted by atomic mass is 10.0. The largest absolute Gasteiger partial charge is 0.480 e. The molecule has 2 aliphatic heterocycles. The standard InChI is InChI=1S/C10H15NO3S/c12-9(8-3-1-2-6-15-8)11-5-4-7(11)10(13)14/h7-8H,1-6H2,(H,13,14). The molecule has 0 aromatic rings. The minimum atomic E-state index is -0.865. The van der Waals surface area contributed by atoms with E-state index < -0.39 is 12.0 Å². The minimum absolute atomic E-state index is 0.0147. The number of amides is 1. The molecule has 2 rings (SSSR count). The second-order valence-electron chi connectivity index (χ2n) is 4.03. The molecule has 2 heterocycles. The third-order valence-electron chi connectivity index (χ3n) is 3.04. The number of rotatable bonds is 2. The molecule has 0 radical (unpaired) electrons. The van der Waals surface area contributed by atoms with Gasteiger partial charge in [0.1, 0.15) is 6.04 Å². The van der Waals surface area contributed by atoms with Crippen LogP contribution in [0.2, 0.25) is 0 Å². The van der Waals surface area contributed by atoms with E-state index in [0.29, 0.717) is 13.0 Å². The van der Waals surface area contributed by atoms with Crippen molar-refractivity contribution < 1.29 is 14.7 Å². The third-order valence-corrected chi connectivity index (χ3v) is 4.41. The highest BCUT2D eigenvalue weighted by molar-refractivity contribution is 8.00. The van der Waals surface area contributed by atoms with Crippen LogP contribution in [-0.2, 0) is 9.59 Å². The first-order valence-electron chi connectivity index (χ1n) is 5.35. The Kier molecular flexibility index (Phi) is 3.19. The van der Waals surface area contributed by atoms with Gasteiger partial charge in [-0.3, -0.25) is 4.79 Å². The van der Waals surface area contributed by atoms with E-state index in [1.807, 2.05) is 0 Å². The summed E-state index contributed by atoms with van der Waals surface area (Å²) in [4.78, 5) is 24.2. The second-order valence-corrected chi connectivity index (χ2v) is 5.34. The van der Waals surface area contributed by atoms with Gasteiger partial charge in [-0.15, -0.1) is 11.8 Å². The van der Waals surface area contributed by atoms with Crippen LogP contribution < -0.4 is 0 Å². The fourth-order valence-corrected chi connectivity index (χ4v) is 3.29. The number of carbonyl (C=O) groups excluding carboxylic acids is 1. The van der Waals surface area contributed by atoms with Crippen molar-refractivity contribution in [2.45, 2.75) is 37.0 Å². The smallest absolute Gasteiger partial charge is 0.326 e. The summed E-state index contributed by atoms with van der Waals surface area (Å²) in [6, 6.07) is -0.556. The third kappa shape index (κ3) is 2.12. The Morgan fingerprint density at radius 2 is 2.07 bits per heavy atom. The van der Waals surface area contributed by atoms with Crippen molar-refractivity contribution in [1.29, 1.82) is 0 Å². The Balaban J connectivity index is 1.92. The number of aliphatic carboxylic acids is 1. The van der Waals surface area contributed by atoms with Gasteiger partial charge < -0.3 is 10.0 Å². The molecule has 2 saturated heterocycles. The molecule has 0 spiro atoms. The summed E-state index contributed by atoms with van der Waals surface area (Å²) in [5.41, 5.74) is 0. The number of hydrogen-bond donors (Lipinski definition) is 1. The minimum Gasteiger partial charge on any atom is -0.480 e. The number of carbonyl (C=O) groups is 2. The van der Waals surface area contributed by atoms with Crippen molar-refractivity contribution in [1.82, 2.24) is 4.90 Å². The number of thioether (sulfide) groups is 1. The molecule has 4 nitrogen and oxygen atoms in total. The van der Waals surface area contributed by atoms with Gasteiger partial charge in [0.25, 0.3) is 0 Å². The van der Waals surface area contributed by atoms with Crippen LogP contribution in [0.25, 0.3) is 0 Å². The van der Waals surface area contributed by atoms with E-state index in [1.165, 1.54) is 11.3 Å². The van der Waals surface area contributed by atoms with Crippen molar-refractivity contribution in [3.63, 3.8) is 0 Å². The molecule has 84 valence electrons. The second kappa shape index (κ2) is 4.43. The van der Waals surface area contributed by atoms with Crippen LogP contribution in [-0.4, -0.2) is 45.5 Å². The number of hydrogen-bond acceptors (Lipinski definition) is 3. The van der Waals surface area contributed by atoms with Crippen LogP contribution in [0.5, 0.6) is 0 Å². The number of carboxylic acid groups (broad SMARTS) is 1. The maximum atomic E-state index is 11.9. The zero-order chi connectivity index (χ0) is 10.8. The number of carboxylic acids is 1. The maximum Gasteiger partial charge on any atom is 0.326 e. The van der Waals surface area contributed by atoms with Crippen molar-refractivity contribution >= 4 is 23.6 Å². The Bertz CT molecular complexity index is 276. The van der Waals surface area contributed by atoms with E-state index in [-0.39, 0.29) is 11.2 Å². The molecular formula is C10H15NO3S. The zero-order valence-electron chi connectivity index (χ0n) is 8.52. The first kappa shape index (κ1) is 10.8. The highest BCUT2D eigenvalue weighted by Gasteiger charge is 2.40. The first-order chi connectivity index (χ1) is 7.20. The van der Waals surface area contributed by atoms with Gasteiger partial charge >= 0.3 is 5.97 Å². The molecule has 15 heavy (non-hydrogen) atoms. The van der Waals surface area contributed by atoms with Crippen LogP contribution >= 0.6 is 11.8 Å². The van der Waals surface area contributed by atoms with Gasteiger partial charge in [-0.2, -0.15) is 0 Å². The van der Waals surface area contributed by atoms with E-state index in [4.69, 9.17) is 5.11 Å². The van der Waals surface area contributed by atoms with E-state index in [1.54, 1.807) is 11.8 Å². The normalized spacial score (nSPS) is 30.8. The molecule has 0 aromatic heterocycles. The van der Waals surface area contributed by atoms with Gasteiger partial charge in [0.15, 0.2) is 0 Å². The Morgan fingerprint density at radius 3 is 2.53 bits per heavy atom. The Hall–Kier alpha value is -0.710. The molecule has 2 fully saturated rings.